The highest BCUT2D eigenvalue weighted by Gasteiger charge is 2.41. The lowest BCUT2D eigenvalue weighted by Crippen LogP contribution is -2.35. The van der Waals surface area contributed by atoms with Gasteiger partial charge in [-0.3, -0.25) is 4.79 Å². The minimum Gasteiger partial charge on any atom is -0.381 e. The van der Waals surface area contributed by atoms with E-state index < -0.39 is 5.60 Å². The Labute approximate surface area is 139 Å². The van der Waals surface area contributed by atoms with E-state index in [0.29, 0.717) is 25.1 Å². The third kappa shape index (κ3) is 2.65. The predicted octanol–water partition coefficient (Wildman–Crippen LogP) is 1.62. The van der Waals surface area contributed by atoms with Crippen LogP contribution in [0.4, 0.5) is 0 Å². The fourth-order valence-corrected chi connectivity index (χ4v) is 3.28. The molecule has 1 aliphatic heterocycles. The van der Waals surface area contributed by atoms with Crippen LogP contribution in [0.5, 0.6) is 0 Å². The first-order valence-corrected chi connectivity index (χ1v) is 7.98. The Balaban J connectivity index is 1.48. The van der Waals surface area contributed by atoms with E-state index in [1.165, 1.54) is 6.20 Å². The molecule has 1 unspecified atom stereocenters. The molecule has 1 atom stereocenters. The first-order valence-electron chi connectivity index (χ1n) is 7.98. The van der Waals surface area contributed by atoms with Crippen molar-refractivity contribution in [3.63, 3.8) is 0 Å². The maximum Gasteiger partial charge on any atom is 0.227 e. The SMILES string of the molecule is O=C(Cc1ccc2ccccc2c1)N1CCC(O)(c2cn[nH]n2)C1. The van der Waals surface area contributed by atoms with Gasteiger partial charge in [0.15, 0.2) is 0 Å². The number of nitrogens with zero attached hydrogens (tertiary/aromatic N) is 3. The second-order valence-electron chi connectivity index (χ2n) is 6.31. The smallest absolute Gasteiger partial charge is 0.227 e. The van der Waals surface area contributed by atoms with Crippen LogP contribution in [0.1, 0.15) is 17.7 Å². The summed E-state index contributed by atoms with van der Waals surface area (Å²) in [5.41, 5.74) is 0.366. The third-order valence-corrected chi connectivity index (χ3v) is 4.66. The van der Waals surface area contributed by atoms with Gasteiger partial charge in [0.25, 0.3) is 0 Å². The molecule has 24 heavy (non-hydrogen) atoms. The summed E-state index contributed by atoms with van der Waals surface area (Å²) < 4.78 is 0. The summed E-state index contributed by atoms with van der Waals surface area (Å²) in [6.07, 6.45) is 2.32. The molecule has 3 aromatic rings. The minimum absolute atomic E-state index is 0.0182. The summed E-state index contributed by atoms with van der Waals surface area (Å²) in [6.45, 7) is 0.779. The van der Waals surface area contributed by atoms with Crippen LogP contribution < -0.4 is 0 Å². The molecule has 0 radical (unpaired) electrons. The lowest BCUT2D eigenvalue weighted by Gasteiger charge is -2.21. The van der Waals surface area contributed by atoms with Gasteiger partial charge in [0.2, 0.25) is 5.91 Å². The van der Waals surface area contributed by atoms with Gasteiger partial charge in [-0.2, -0.15) is 15.4 Å². The molecule has 1 aromatic heterocycles. The van der Waals surface area contributed by atoms with Gasteiger partial charge in [-0.25, -0.2) is 0 Å². The molecule has 0 bridgehead atoms. The molecule has 6 nitrogen and oxygen atoms in total. The normalized spacial score (nSPS) is 20.6. The second-order valence-corrected chi connectivity index (χ2v) is 6.31. The molecule has 2 heterocycles. The van der Waals surface area contributed by atoms with Crippen LogP contribution in [0.25, 0.3) is 10.8 Å². The zero-order valence-corrected chi connectivity index (χ0v) is 13.1. The fraction of sp³-hybridized carbons (Fsp3) is 0.278. The number of carbonyl (C=O) groups is 1. The molecule has 0 spiro atoms. The average Bonchev–Trinajstić information content (AvgIpc) is 3.25. The van der Waals surface area contributed by atoms with E-state index in [1.54, 1.807) is 4.90 Å². The van der Waals surface area contributed by atoms with Gasteiger partial charge in [0, 0.05) is 13.0 Å². The number of rotatable bonds is 3. The van der Waals surface area contributed by atoms with Crippen molar-refractivity contribution >= 4 is 16.7 Å². The van der Waals surface area contributed by atoms with Crippen LogP contribution in [-0.2, 0) is 16.8 Å². The Kier molecular flexibility index (Phi) is 3.54. The quantitative estimate of drug-likeness (QED) is 0.768. The number of amides is 1. The van der Waals surface area contributed by atoms with Gasteiger partial charge in [0.1, 0.15) is 11.3 Å². The number of aliphatic hydroxyl groups is 1. The number of fused-ring (bicyclic) bond motifs is 1. The van der Waals surface area contributed by atoms with E-state index in [4.69, 9.17) is 0 Å². The number of aromatic amines is 1. The van der Waals surface area contributed by atoms with Crippen LogP contribution in [0.15, 0.2) is 48.7 Å². The van der Waals surface area contributed by atoms with Crippen molar-refractivity contribution in [2.75, 3.05) is 13.1 Å². The fourth-order valence-electron chi connectivity index (χ4n) is 3.28. The van der Waals surface area contributed by atoms with Crippen LogP contribution in [0.3, 0.4) is 0 Å². The van der Waals surface area contributed by atoms with E-state index in [-0.39, 0.29) is 12.5 Å². The molecule has 0 saturated carbocycles. The largest absolute Gasteiger partial charge is 0.381 e. The van der Waals surface area contributed by atoms with E-state index in [1.807, 2.05) is 36.4 Å². The summed E-state index contributed by atoms with van der Waals surface area (Å²) in [5.74, 6) is 0.0182. The maximum atomic E-state index is 12.6. The topological polar surface area (TPSA) is 82.1 Å². The summed E-state index contributed by atoms with van der Waals surface area (Å²) >= 11 is 0. The lowest BCUT2D eigenvalue weighted by atomic mass is 10.00. The summed E-state index contributed by atoms with van der Waals surface area (Å²) in [6, 6.07) is 14.2. The first-order chi connectivity index (χ1) is 11.6. The van der Waals surface area contributed by atoms with Crippen LogP contribution in [0, 0.1) is 0 Å². The van der Waals surface area contributed by atoms with Crippen molar-refractivity contribution in [1.82, 2.24) is 20.3 Å². The minimum atomic E-state index is -1.11. The van der Waals surface area contributed by atoms with E-state index in [2.05, 4.69) is 21.5 Å². The van der Waals surface area contributed by atoms with Crippen LogP contribution >= 0.6 is 0 Å². The number of hydrogen-bond donors (Lipinski definition) is 2. The van der Waals surface area contributed by atoms with E-state index in [0.717, 1.165) is 16.3 Å². The van der Waals surface area contributed by atoms with Crippen LogP contribution in [0.2, 0.25) is 0 Å². The van der Waals surface area contributed by atoms with Gasteiger partial charge < -0.3 is 10.0 Å². The highest BCUT2D eigenvalue weighted by atomic mass is 16.3. The highest BCUT2D eigenvalue weighted by Crippen LogP contribution is 2.30. The summed E-state index contributed by atoms with van der Waals surface area (Å²) in [5, 5.41) is 23.2. The maximum absolute atomic E-state index is 12.6. The number of likely N-dealkylation sites (tertiary alicyclic amines) is 1. The van der Waals surface area contributed by atoms with Crippen molar-refractivity contribution in [1.29, 1.82) is 0 Å². The number of nitrogens with one attached hydrogen (secondary N) is 1. The number of benzene rings is 2. The van der Waals surface area contributed by atoms with Crippen molar-refractivity contribution < 1.29 is 9.90 Å². The Hall–Kier alpha value is -2.73. The predicted molar refractivity (Wildman–Crippen MR) is 89.1 cm³/mol. The highest BCUT2D eigenvalue weighted by molar-refractivity contribution is 5.85. The standard InChI is InChI=1S/C18H18N4O2/c23-17(10-13-5-6-14-3-1-2-4-15(14)9-13)22-8-7-18(24,12-22)16-11-19-21-20-16/h1-6,9,11,24H,7-8,10,12H2,(H,19,20,21). The number of H-pyrrole nitrogens is 1. The second kappa shape index (κ2) is 5.72. The summed E-state index contributed by atoms with van der Waals surface area (Å²) in [4.78, 5) is 14.3. The molecule has 4 rings (SSSR count). The van der Waals surface area contributed by atoms with Crippen molar-refractivity contribution in [3.05, 3.63) is 59.9 Å². The Morgan fingerprint density at radius 1 is 1.25 bits per heavy atom. The molecule has 0 aliphatic carbocycles. The zero-order valence-electron chi connectivity index (χ0n) is 13.1. The van der Waals surface area contributed by atoms with E-state index >= 15 is 0 Å². The van der Waals surface area contributed by atoms with Crippen molar-refractivity contribution in [2.24, 2.45) is 0 Å². The molecule has 6 heteroatoms. The number of carbonyl (C=O) groups excluding carboxylic acids is 1. The molecule has 1 amide bonds. The number of aromatic nitrogens is 3. The van der Waals surface area contributed by atoms with Crippen molar-refractivity contribution in [3.8, 4) is 0 Å². The third-order valence-electron chi connectivity index (χ3n) is 4.66. The average molecular weight is 322 g/mol. The monoisotopic (exact) mass is 322 g/mol. The molecular formula is C18H18N4O2. The van der Waals surface area contributed by atoms with Gasteiger partial charge in [0.05, 0.1) is 19.2 Å². The number of hydrogen-bond acceptors (Lipinski definition) is 4. The molecule has 1 saturated heterocycles. The molecule has 2 aromatic carbocycles. The molecule has 1 fully saturated rings. The van der Waals surface area contributed by atoms with Gasteiger partial charge in [-0.1, -0.05) is 42.5 Å². The Morgan fingerprint density at radius 3 is 2.88 bits per heavy atom. The van der Waals surface area contributed by atoms with Gasteiger partial charge >= 0.3 is 0 Å². The van der Waals surface area contributed by atoms with Crippen LogP contribution in [-0.4, -0.2) is 44.4 Å². The summed E-state index contributed by atoms with van der Waals surface area (Å²) in [7, 11) is 0. The van der Waals surface area contributed by atoms with Crippen molar-refractivity contribution in [2.45, 2.75) is 18.4 Å². The molecule has 122 valence electrons. The number of β-amino-alcohol motifs (C(OH)–C–C–N with tert-alkyl or cyclic N) is 1. The molecule has 1 aliphatic rings. The first kappa shape index (κ1) is 14.8. The lowest BCUT2D eigenvalue weighted by molar-refractivity contribution is -0.130. The zero-order chi connectivity index (χ0) is 16.6. The van der Waals surface area contributed by atoms with Gasteiger partial charge in [-0.15, -0.1) is 0 Å². The van der Waals surface area contributed by atoms with Gasteiger partial charge in [-0.05, 0) is 16.3 Å². The molecule has 2 N–H and O–H groups in total. The Bertz CT molecular complexity index is 878. The van der Waals surface area contributed by atoms with E-state index in [9.17, 15) is 9.90 Å². The molecular weight excluding hydrogens is 304 g/mol. The Morgan fingerprint density at radius 2 is 2.08 bits per heavy atom.